The lowest BCUT2D eigenvalue weighted by Crippen LogP contribution is -2.23. The Morgan fingerprint density at radius 2 is 2.00 bits per heavy atom. The molecule has 5 heteroatoms. The Morgan fingerprint density at radius 1 is 1.25 bits per heavy atom. The van der Waals surface area contributed by atoms with Gasteiger partial charge in [-0.2, -0.15) is 0 Å². The molecule has 0 aliphatic rings. The van der Waals surface area contributed by atoms with Gasteiger partial charge in [-0.3, -0.25) is 4.98 Å². The monoisotopic (exact) mass is 400 g/mol. The minimum atomic E-state index is -0.226. The molecule has 0 bridgehead atoms. The molecule has 1 aromatic heterocycles. The van der Waals surface area contributed by atoms with Gasteiger partial charge in [0, 0.05) is 15.1 Å². The molecule has 1 unspecified atom stereocenters. The van der Waals surface area contributed by atoms with Crippen molar-refractivity contribution >= 4 is 31.9 Å². The van der Waals surface area contributed by atoms with Gasteiger partial charge in [0.15, 0.2) is 0 Å². The van der Waals surface area contributed by atoms with Crippen molar-refractivity contribution in [1.82, 2.24) is 10.3 Å². The fraction of sp³-hybridized carbons (Fsp3) is 0.267. The Bertz CT molecular complexity index is 597. The molecule has 0 radical (unpaired) electrons. The second kappa shape index (κ2) is 6.78. The van der Waals surface area contributed by atoms with Gasteiger partial charge in [-0.1, -0.05) is 13.0 Å². The lowest BCUT2D eigenvalue weighted by Gasteiger charge is -2.20. The third-order valence-corrected chi connectivity index (χ3v) is 3.98. The Kier molecular flexibility index (Phi) is 5.29. The van der Waals surface area contributed by atoms with E-state index in [4.69, 9.17) is 0 Å². The highest BCUT2D eigenvalue weighted by molar-refractivity contribution is 9.11. The molecule has 1 N–H and O–H groups in total. The van der Waals surface area contributed by atoms with Crippen LogP contribution in [0.15, 0.2) is 39.4 Å². The molecule has 0 saturated heterocycles. The number of hydrogen-bond acceptors (Lipinski definition) is 2. The van der Waals surface area contributed by atoms with E-state index in [-0.39, 0.29) is 11.9 Å². The zero-order valence-electron chi connectivity index (χ0n) is 11.3. The number of halogens is 3. The SMILES string of the molecule is CCNC(c1cc(C)cc(F)c1)c1ncc(Br)cc1Br. The molecule has 0 spiro atoms. The van der Waals surface area contributed by atoms with Crippen LogP contribution in [0.4, 0.5) is 4.39 Å². The topological polar surface area (TPSA) is 24.9 Å². The molecule has 0 aliphatic carbocycles. The summed E-state index contributed by atoms with van der Waals surface area (Å²) in [6, 6.07) is 6.86. The Labute approximate surface area is 135 Å². The van der Waals surface area contributed by atoms with Crippen LogP contribution in [0.2, 0.25) is 0 Å². The van der Waals surface area contributed by atoms with E-state index in [1.54, 1.807) is 12.3 Å². The highest BCUT2D eigenvalue weighted by Crippen LogP contribution is 2.29. The lowest BCUT2D eigenvalue weighted by molar-refractivity contribution is 0.592. The predicted octanol–water partition coefficient (Wildman–Crippen LogP) is 4.75. The van der Waals surface area contributed by atoms with E-state index >= 15 is 0 Å². The first-order valence-electron chi connectivity index (χ1n) is 6.32. The molecule has 0 aliphatic heterocycles. The highest BCUT2D eigenvalue weighted by atomic mass is 79.9. The van der Waals surface area contributed by atoms with Gasteiger partial charge in [0.1, 0.15) is 5.82 Å². The van der Waals surface area contributed by atoms with Crippen LogP contribution in [0.5, 0.6) is 0 Å². The van der Waals surface area contributed by atoms with Crippen LogP contribution in [0.1, 0.15) is 29.8 Å². The van der Waals surface area contributed by atoms with Crippen LogP contribution in [0.3, 0.4) is 0 Å². The van der Waals surface area contributed by atoms with Gasteiger partial charge in [0.05, 0.1) is 11.7 Å². The average molecular weight is 402 g/mol. The second-order valence-electron chi connectivity index (χ2n) is 4.57. The van der Waals surface area contributed by atoms with E-state index in [0.717, 1.165) is 32.3 Å². The zero-order valence-corrected chi connectivity index (χ0v) is 14.4. The number of rotatable bonds is 4. The molecule has 1 atom stereocenters. The largest absolute Gasteiger partial charge is 0.305 e. The van der Waals surface area contributed by atoms with Gasteiger partial charge in [0.25, 0.3) is 0 Å². The van der Waals surface area contributed by atoms with Crippen LogP contribution in [0, 0.1) is 12.7 Å². The summed E-state index contributed by atoms with van der Waals surface area (Å²) in [6.45, 7) is 4.68. The van der Waals surface area contributed by atoms with Crippen LogP contribution in [-0.2, 0) is 0 Å². The third kappa shape index (κ3) is 3.65. The van der Waals surface area contributed by atoms with Gasteiger partial charge in [-0.15, -0.1) is 0 Å². The molecule has 2 aromatic rings. The van der Waals surface area contributed by atoms with Crippen molar-refractivity contribution in [2.75, 3.05) is 6.54 Å². The molecule has 20 heavy (non-hydrogen) atoms. The summed E-state index contributed by atoms with van der Waals surface area (Å²) in [5.41, 5.74) is 2.62. The van der Waals surface area contributed by atoms with Gasteiger partial charge in [0.2, 0.25) is 0 Å². The molecule has 0 fully saturated rings. The van der Waals surface area contributed by atoms with E-state index in [1.807, 2.05) is 26.0 Å². The summed E-state index contributed by atoms with van der Waals surface area (Å²) in [6.07, 6.45) is 1.75. The molecule has 2 nitrogen and oxygen atoms in total. The summed E-state index contributed by atoms with van der Waals surface area (Å²) >= 11 is 6.92. The van der Waals surface area contributed by atoms with E-state index in [2.05, 4.69) is 42.2 Å². The first-order valence-corrected chi connectivity index (χ1v) is 7.91. The van der Waals surface area contributed by atoms with Crippen molar-refractivity contribution in [3.63, 3.8) is 0 Å². The molecule has 1 heterocycles. The van der Waals surface area contributed by atoms with Crippen LogP contribution in [0.25, 0.3) is 0 Å². The maximum Gasteiger partial charge on any atom is 0.123 e. The number of hydrogen-bond donors (Lipinski definition) is 1. The van der Waals surface area contributed by atoms with E-state index in [0.29, 0.717) is 0 Å². The predicted molar refractivity (Wildman–Crippen MR) is 86.3 cm³/mol. The number of aromatic nitrogens is 1. The van der Waals surface area contributed by atoms with E-state index < -0.39 is 0 Å². The normalized spacial score (nSPS) is 12.4. The minimum absolute atomic E-state index is 0.142. The molecular weight excluding hydrogens is 387 g/mol. The second-order valence-corrected chi connectivity index (χ2v) is 6.34. The number of nitrogens with zero attached hydrogens (tertiary/aromatic N) is 1. The number of nitrogens with one attached hydrogen (secondary N) is 1. The van der Waals surface area contributed by atoms with Crippen molar-refractivity contribution in [2.24, 2.45) is 0 Å². The molecular formula is C15H15Br2FN2. The first-order chi connectivity index (χ1) is 9.51. The van der Waals surface area contributed by atoms with Crippen molar-refractivity contribution in [1.29, 1.82) is 0 Å². The van der Waals surface area contributed by atoms with Crippen molar-refractivity contribution in [3.05, 3.63) is 62.0 Å². The van der Waals surface area contributed by atoms with Crippen molar-refractivity contribution in [3.8, 4) is 0 Å². The summed E-state index contributed by atoms with van der Waals surface area (Å²) < 4.78 is 15.4. The lowest BCUT2D eigenvalue weighted by atomic mass is 10.0. The smallest absolute Gasteiger partial charge is 0.123 e. The quantitative estimate of drug-likeness (QED) is 0.799. The fourth-order valence-corrected chi connectivity index (χ4v) is 3.36. The summed E-state index contributed by atoms with van der Waals surface area (Å²) in [4.78, 5) is 4.45. The minimum Gasteiger partial charge on any atom is -0.305 e. The van der Waals surface area contributed by atoms with E-state index in [1.165, 1.54) is 6.07 Å². The van der Waals surface area contributed by atoms with Crippen LogP contribution < -0.4 is 5.32 Å². The molecule has 0 saturated carbocycles. The number of pyridine rings is 1. The first kappa shape index (κ1) is 15.6. The fourth-order valence-electron chi connectivity index (χ4n) is 2.15. The Hall–Kier alpha value is -0.780. The molecule has 2 rings (SSSR count). The summed E-state index contributed by atoms with van der Waals surface area (Å²) in [7, 11) is 0. The van der Waals surface area contributed by atoms with E-state index in [9.17, 15) is 4.39 Å². The van der Waals surface area contributed by atoms with Crippen LogP contribution in [-0.4, -0.2) is 11.5 Å². The summed E-state index contributed by atoms with van der Waals surface area (Å²) in [5.74, 6) is -0.226. The van der Waals surface area contributed by atoms with Gasteiger partial charge in [-0.25, -0.2) is 4.39 Å². The zero-order chi connectivity index (χ0) is 14.7. The Morgan fingerprint density at radius 3 is 2.60 bits per heavy atom. The highest BCUT2D eigenvalue weighted by Gasteiger charge is 2.18. The Balaban J connectivity index is 2.49. The van der Waals surface area contributed by atoms with Crippen molar-refractivity contribution in [2.45, 2.75) is 19.9 Å². The number of benzene rings is 1. The maximum absolute atomic E-state index is 13.6. The summed E-state index contributed by atoms with van der Waals surface area (Å²) in [5, 5.41) is 3.36. The molecule has 106 valence electrons. The maximum atomic E-state index is 13.6. The molecule has 1 aromatic carbocycles. The van der Waals surface area contributed by atoms with Gasteiger partial charge < -0.3 is 5.32 Å². The number of aryl methyl sites for hydroxylation is 1. The van der Waals surface area contributed by atoms with Gasteiger partial charge >= 0.3 is 0 Å². The van der Waals surface area contributed by atoms with Gasteiger partial charge in [-0.05, 0) is 74.7 Å². The van der Waals surface area contributed by atoms with Crippen molar-refractivity contribution < 1.29 is 4.39 Å². The molecule has 0 amide bonds. The van der Waals surface area contributed by atoms with Crippen LogP contribution >= 0.6 is 31.9 Å². The standard InChI is InChI=1S/C15H15Br2FN2/c1-3-19-14(10-4-9(2)5-12(18)6-10)15-13(17)7-11(16)8-20-15/h4-8,14,19H,3H2,1-2H3. The third-order valence-electron chi connectivity index (χ3n) is 2.92. The average Bonchev–Trinajstić information content (AvgIpc) is 2.35.